The Morgan fingerprint density at radius 3 is 2.37 bits per heavy atom. The van der Waals surface area contributed by atoms with E-state index in [1.807, 2.05) is 54.8 Å². The quantitative estimate of drug-likeness (QED) is 0.389. The van der Waals surface area contributed by atoms with E-state index in [-0.39, 0.29) is 11.5 Å². The summed E-state index contributed by atoms with van der Waals surface area (Å²) in [7, 11) is 0. The number of carbonyl (C=O) groups is 1. The van der Waals surface area contributed by atoms with Crippen molar-refractivity contribution in [2.75, 3.05) is 5.75 Å². The summed E-state index contributed by atoms with van der Waals surface area (Å²) in [5.41, 5.74) is 2.62. The molecule has 2 aromatic carbocycles. The number of alkyl halides is 3. The highest BCUT2D eigenvalue weighted by molar-refractivity contribution is 8.00. The zero-order valence-corrected chi connectivity index (χ0v) is 15.7. The molecular weight excluding hydrogens is 371 g/mol. The van der Waals surface area contributed by atoms with Crippen LogP contribution in [0, 0.1) is 13.8 Å². The van der Waals surface area contributed by atoms with E-state index in [0.717, 1.165) is 41.0 Å². The molecule has 0 atom stereocenters. The van der Waals surface area contributed by atoms with Gasteiger partial charge in [0.15, 0.2) is 5.78 Å². The predicted octanol–water partition coefficient (Wildman–Crippen LogP) is 6.09. The number of hydrogen-bond acceptors (Lipinski definition) is 2. The third-order valence-corrected chi connectivity index (χ3v) is 5.27. The van der Waals surface area contributed by atoms with Gasteiger partial charge in [-0.1, -0.05) is 24.3 Å². The van der Waals surface area contributed by atoms with Gasteiger partial charge in [0.2, 0.25) is 0 Å². The Kier molecular flexibility index (Phi) is 5.46. The van der Waals surface area contributed by atoms with E-state index in [1.165, 1.54) is 6.07 Å². The molecule has 140 valence electrons. The van der Waals surface area contributed by atoms with Gasteiger partial charge in [-0.05, 0) is 50.2 Å². The van der Waals surface area contributed by atoms with Crippen LogP contribution in [0.4, 0.5) is 13.2 Å². The third kappa shape index (κ3) is 4.27. The van der Waals surface area contributed by atoms with E-state index < -0.39 is 11.7 Å². The molecule has 0 aliphatic carbocycles. The Hall–Kier alpha value is -2.47. The van der Waals surface area contributed by atoms with E-state index in [1.54, 1.807) is 6.07 Å². The van der Waals surface area contributed by atoms with Crippen LogP contribution < -0.4 is 0 Å². The number of nitrogens with zero attached hydrogens (tertiary/aromatic N) is 1. The molecule has 0 aliphatic rings. The minimum absolute atomic E-state index is 0.0837. The second-order valence-corrected chi connectivity index (χ2v) is 7.24. The second-order valence-electron chi connectivity index (χ2n) is 6.19. The molecule has 0 unspecified atom stereocenters. The van der Waals surface area contributed by atoms with Gasteiger partial charge in [-0.2, -0.15) is 13.2 Å². The van der Waals surface area contributed by atoms with Crippen molar-refractivity contribution in [2.45, 2.75) is 24.9 Å². The minimum Gasteiger partial charge on any atom is -0.318 e. The first-order chi connectivity index (χ1) is 12.8. The number of halogens is 3. The highest BCUT2D eigenvalue weighted by Crippen LogP contribution is 2.32. The second kappa shape index (κ2) is 7.64. The number of aromatic nitrogens is 1. The number of ketones is 1. The molecule has 3 rings (SSSR count). The Morgan fingerprint density at radius 2 is 1.70 bits per heavy atom. The van der Waals surface area contributed by atoms with Gasteiger partial charge >= 0.3 is 6.18 Å². The number of rotatable bonds is 5. The van der Waals surface area contributed by atoms with E-state index in [4.69, 9.17) is 0 Å². The molecule has 1 aromatic heterocycles. The molecule has 0 aliphatic heterocycles. The van der Waals surface area contributed by atoms with E-state index in [0.29, 0.717) is 10.5 Å². The van der Waals surface area contributed by atoms with Gasteiger partial charge in [0.05, 0.1) is 11.3 Å². The number of benzene rings is 2. The van der Waals surface area contributed by atoms with Gasteiger partial charge in [0.1, 0.15) is 0 Å². The number of para-hydroxylation sites is 1. The fraction of sp³-hybridized carbons (Fsp3) is 0.190. The molecule has 0 N–H and O–H groups in total. The van der Waals surface area contributed by atoms with E-state index in [9.17, 15) is 18.0 Å². The number of Topliss-reactive ketones (excluding diaryl/α,β-unsaturated/α-hetero) is 1. The zero-order chi connectivity index (χ0) is 19.6. The lowest BCUT2D eigenvalue weighted by Gasteiger charge is -2.10. The predicted molar refractivity (Wildman–Crippen MR) is 102 cm³/mol. The van der Waals surface area contributed by atoms with Crippen LogP contribution in [-0.2, 0) is 6.18 Å². The molecule has 0 spiro atoms. The highest BCUT2D eigenvalue weighted by Gasteiger charge is 2.30. The minimum atomic E-state index is -4.39. The first kappa shape index (κ1) is 19.3. The SMILES string of the molecule is Cc1cc(C(=O)CSc2cccc(C(F)(F)F)c2)c(C)n1-c1ccccc1. The molecule has 0 fully saturated rings. The lowest BCUT2D eigenvalue weighted by Crippen LogP contribution is -2.06. The summed E-state index contributed by atoms with van der Waals surface area (Å²) >= 11 is 1.11. The van der Waals surface area contributed by atoms with Crippen molar-refractivity contribution in [3.8, 4) is 5.69 Å². The van der Waals surface area contributed by atoms with Crippen LogP contribution >= 0.6 is 11.8 Å². The van der Waals surface area contributed by atoms with Gasteiger partial charge in [-0.15, -0.1) is 11.8 Å². The van der Waals surface area contributed by atoms with Crippen molar-refractivity contribution in [1.82, 2.24) is 4.57 Å². The average Bonchev–Trinajstić information content (AvgIpc) is 2.94. The molecule has 0 bridgehead atoms. The molecule has 3 aromatic rings. The zero-order valence-electron chi connectivity index (χ0n) is 14.9. The first-order valence-corrected chi connectivity index (χ1v) is 9.33. The van der Waals surface area contributed by atoms with Crippen molar-refractivity contribution in [1.29, 1.82) is 0 Å². The summed E-state index contributed by atoms with van der Waals surface area (Å²) in [5, 5.41) is 0. The van der Waals surface area contributed by atoms with Crippen LogP contribution in [0.1, 0.15) is 27.3 Å². The number of thioether (sulfide) groups is 1. The highest BCUT2D eigenvalue weighted by atomic mass is 32.2. The fourth-order valence-corrected chi connectivity index (χ4v) is 3.85. The molecule has 27 heavy (non-hydrogen) atoms. The summed E-state index contributed by atoms with van der Waals surface area (Å²) in [5.74, 6) is -0.0203. The number of hydrogen-bond donors (Lipinski definition) is 0. The Balaban J connectivity index is 1.78. The van der Waals surface area contributed by atoms with Gasteiger partial charge in [0.25, 0.3) is 0 Å². The van der Waals surface area contributed by atoms with Crippen LogP contribution in [-0.4, -0.2) is 16.1 Å². The van der Waals surface area contributed by atoms with Crippen LogP contribution in [0.3, 0.4) is 0 Å². The van der Waals surface area contributed by atoms with Gasteiger partial charge < -0.3 is 4.57 Å². The van der Waals surface area contributed by atoms with Gasteiger partial charge in [0, 0.05) is 27.5 Å². The van der Waals surface area contributed by atoms with Crippen molar-refractivity contribution in [3.63, 3.8) is 0 Å². The Morgan fingerprint density at radius 1 is 1.00 bits per heavy atom. The lowest BCUT2D eigenvalue weighted by molar-refractivity contribution is -0.137. The standard InChI is InChI=1S/C21H18F3NOS/c1-14-11-19(15(2)25(14)17-8-4-3-5-9-17)20(26)13-27-18-10-6-7-16(12-18)21(22,23)24/h3-12H,13H2,1-2H3. The Labute approximate surface area is 160 Å². The first-order valence-electron chi connectivity index (χ1n) is 8.35. The molecule has 0 saturated heterocycles. The van der Waals surface area contributed by atoms with E-state index in [2.05, 4.69) is 0 Å². The normalized spacial score (nSPS) is 11.6. The molecular formula is C21H18F3NOS. The summed E-state index contributed by atoms with van der Waals surface area (Å²) in [6.45, 7) is 3.80. The molecule has 0 amide bonds. The molecule has 2 nitrogen and oxygen atoms in total. The molecule has 6 heteroatoms. The average molecular weight is 389 g/mol. The fourth-order valence-electron chi connectivity index (χ4n) is 3.01. The monoisotopic (exact) mass is 389 g/mol. The van der Waals surface area contributed by atoms with Crippen molar-refractivity contribution in [3.05, 3.63) is 83.2 Å². The summed E-state index contributed by atoms with van der Waals surface area (Å²) in [4.78, 5) is 13.1. The summed E-state index contributed by atoms with van der Waals surface area (Å²) in [6.07, 6.45) is -4.39. The molecule has 0 radical (unpaired) electrons. The summed E-state index contributed by atoms with van der Waals surface area (Å²) in [6, 6.07) is 16.6. The summed E-state index contributed by atoms with van der Waals surface area (Å²) < 4.78 is 40.4. The Bertz CT molecular complexity index is 961. The van der Waals surface area contributed by atoms with E-state index >= 15 is 0 Å². The molecule has 1 heterocycles. The van der Waals surface area contributed by atoms with Crippen molar-refractivity contribution >= 4 is 17.5 Å². The number of carbonyl (C=O) groups excluding carboxylic acids is 1. The third-order valence-electron chi connectivity index (χ3n) is 4.28. The molecule has 0 saturated carbocycles. The van der Waals surface area contributed by atoms with Gasteiger partial charge in [-0.25, -0.2) is 0 Å². The van der Waals surface area contributed by atoms with Crippen LogP contribution in [0.5, 0.6) is 0 Å². The largest absolute Gasteiger partial charge is 0.416 e. The van der Waals surface area contributed by atoms with Crippen LogP contribution in [0.15, 0.2) is 65.6 Å². The van der Waals surface area contributed by atoms with Crippen molar-refractivity contribution in [2.24, 2.45) is 0 Å². The number of aryl methyl sites for hydroxylation is 1. The topological polar surface area (TPSA) is 22.0 Å². The maximum atomic E-state index is 12.8. The van der Waals surface area contributed by atoms with Crippen molar-refractivity contribution < 1.29 is 18.0 Å². The smallest absolute Gasteiger partial charge is 0.318 e. The van der Waals surface area contributed by atoms with Gasteiger partial charge in [-0.3, -0.25) is 4.79 Å². The van der Waals surface area contributed by atoms with Crippen LogP contribution in [0.2, 0.25) is 0 Å². The maximum absolute atomic E-state index is 12.8. The van der Waals surface area contributed by atoms with Crippen LogP contribution in [0.25, 0.3) is 5.69 Å². The lowest BCUT2D eigenvalue weighted by atomic mass is 10.2. The maximum Gasteiger partial charge on any atom is 0.416 e.